The average molecular weight is 401 g/mol. The van der Waals surface area contributed by atoms with E-state index in [0.717, 1.165) is 31.4 Å². The Morgan fingerprint density at radius 2 is 2.14 bits per heavy atom. The molecule has 1 heterocycles. The lowest BCUT2D eigenvalue weighted by Crippen LogP contribution is -2.32. The van der Waals surface area contributed by atoms with Gasteiger partial charge in [-0.2, -0.15) is 5.10 Å². The lowest BCUT2D eigenvalue weighted by molar-refractivity contribution is 0.0729. The van der Waals surface area contributed by atoms with Gasteiger partial charge < -0.3 is 14.8 Å². The molecule has 0 atom stereocenters. The molecule has 2 rings (SSSR count). The maximum Gasteiger partial charge on any atom is 0.345 e. The molecule has 0 aliphatic heterocycles. The van der Waals surface area contributed by atoms with E-state index in [1.165, 1.54) is 13.3 Å². The van der Waals surface area contributed by atoms with Crippen molar-refractivity contribution in [2.24, 2.45) is 5.10 Å². The number of methoxy groups -OCH3 is 1. The van der Waals surface area contributed by atoms with E-state index in [1.54, 1.807) is 42.7 Å². The summed E-state index contributed by atoms with van der Waals surface area (Å²) in [7, 11) is 1.51. The highest BCUT2D eigenvalue weighted by atomic mass is 32.1. The van der Waals surface area contributed by atoms with E-state index < -0.39 is 5.97 Å². The number of thiocarbonyl (C=S) groups is 1. The number of unbranched alkanes of at least 4 members (excludes halogenated alkanes) is 2. The Kier molecular flexibility index (Phi) is 8.87. The second-order valence-electron chi connectivity index (χ2n) is 5.87. The Balaban J connectivity index is 1.93. The van der Waals surface area contributed by atoms with Crippen molar-refractivity contribution in [1.29, 1.82) is 0 Å². The number of esters is 1. The molecule has 0 bridgehead atoms. The molecule has 1 aromatic carbocycles. The molecule has 2 N–H and O–H groups in total. The smallest absolute Gasteiger partial charge is 0.345 e. The minimum atomic E-state index is -0.506. The molecule has 7 nitrogen and oxygen atoms in total. The van der Waals surface area contributed by atoms with Crippen LogP contribution in [0.25, 0.3) is 0 Å². The summed E-state index contributed by atoms with van der Waals surface area (Å²) in [4.78, 5) is 16.1. The van der Waals surface area contributed by atoms with Gasteiger partial charge in [-0.15, -0.1) is 0 Å². The van der Waals surface area contributed by atoms with Crippen LogP contribution in [0.3, 0.4) is 0 Å². The molecule has 0 aliphatic rings. The van der Waals surface area contributed by atoms with Crippen LogP contribution >= 0.6 is 12.2 Å². The van der Waals surface area contributed by atoms with Gasteiger partial charge in [-0.05, 0) is 54.5 Å². The van der Waals surface area contributed by atoms with Crippen molar-refractivity contribution in [3.05, 3.63) is 53.9 Å². The summed E-state index contributed by atoms with van der Waals surface area (Å²) in [5.41, 5.74) is 3.89. The molecule has 0 fully saturated rings. The quantitative estimate of drug-likeness (QED) is 0.167. The average Bonchev–Trinajstić information content (AvgIpc) is 2.72. The summed E-state index contributed by atoms with van der Waals surface area (Å²) in [6, 6.07) is 8.43. The maximum atomic E-state index is 12.2. The molecule has 0 saturated heterocycles. The van der Waals surface area contributed by atoms with Gasteiger partial charge in [0.1, 0.15) is 0 Å². The van der Waals surface area contributed by atoms with E-state index in [1.807, 2.05) is 0 Å². The number of pyridine rings is 1. The van der Waals surface area contributed by atoms with Crippen LogP contribution in [0.1, 0.15) is 42.1 Å². The van der Waals surface area contributed by atoms with Gasteiger partial charge in [0.25, 0.3) is 0 Å². The molecular weight excluding hydrogens is 376 g/mol. The second-order valence-corrected chi connectivity index (χ2v) is 6.28. The van der Waals surface area contributed by atoms with Crippen LogP contribution in [0.2, 0.25) is 0 Å². The third kappa shape index (κ3) is 6.96. The summed E-state index contributed by atoms with van der Waals surface area (Å²) in [5, 5.41) is 7.67. The van der Waals surface area contributed by atoms with Crippen LogP contribution in [0.15, 0.2) is 47.8 Å². The zero-order valence-corrected chi connectivity index (χ0v) is 16.8. The Morgan fingerprint density at radius 1 is 1.29 bits per heavy atom. The van der Waals surface area contributed by atoms with E-state index >= 15 is 0 Å². The molecule has 0 spiro atoms. The van der Waals surface area contributed by atoms with Crippen molar-refractivity contribution in [1.82, 2.24) is 15.7 Å². The zero-order chi connectivity index (χ0) is 20.2. The summed E-state index contributed by atoms with van der Waals surface area (Å²) >= 11 is 5.16. The highest BCUT2D eigenvalue weighted by molar-refractivity contribution is 7.80. The molecule has 0 unspecified atom stereocenters. The van der Waals surface area contributed by atoms with Crippen LogP contribution in [-0.4, -0.2) is 35.9 Å². The summed E-state index contributed by atoms with van der Waals surface area (Å²) < 4.78 is 10.7. The number of carbonyl (C=O) groups excluding carboxylic acids is 1. The lowest BCUT2D eigenvalue weighted by atomic mass is 10.2. The van der Waals surface area contributed by atoms with Crippen molar-refractivity contribution in [2.75, 3.05) is 13.7 Å². The van der Waals surface area contributed by atoms with Crippen LogP contribution in [0.4, 0.5) is 0 Å². The molecule has 0 aliphatic carbocycles. The van der Waals surface area contributed by atoms with E-state index in [2.05, 4.69) is 27.8 Å². The second kappa shape index (κ2) is 11.7. The van der Waals surface area contributed by atoms with Crippen LogP contribution < -0.4 is 20.2 Å². The Bertz CT molecular complexity index is 812. The molecule has 148 valence electrons. The number of hydrogen-bond acceptors (Lipinski definition) is 6. The van der Waals surface area contributed by atoms with E-state index in [-0.39, 0.29) is 0 Å². The number of ether oxygens (including phenoxy) is 2. The van der Waals surface area contributed by atoms with Crippen molar-refractivity contribution >= 4 is 29.5 Å². The topological polar surface area (TPSA) is 84.8 Å². The van der Waals surface area contributed by atoms with Gasteiger partial charge in [0.2, 0.25) is 0 Å². The van der Waals surface area contributed by atoms with Crippen molar-refractivity contribution in [3.63, 3.8) is 0 Å². The standard InChI is InChI=1S/C20H24N4O3S/c1-3-4-5-11-22-20(28)24-23-13-15-8-9-17(18(12-15)26-2)27-19(25)16-7-6-10-21-14-16/h6-10,12-14H,3-5,11H2,1-2H3,(H2,22,24,28)/b23-13-. The summed E-state index contributed by atoms with van der Waals surface area (Å²) in [6.45, 7) is 2.97. The zero-order valence-electron chi connectivity index (χ0n) is 16.0. The fourth-order valence-corrected chi connectivity index (χ4v) is 2.43. The normalized spacial score (nSPS) is 10.5. The fraction of sp³-hybridized carbons (Fsp3) is 0.300. The number of aromatic nitrogens is 1. The SMILES string of the molecule is CCCCCNC(=S)N/N=C\c1ccc(OC(=O)c2cccnc2)c(OC)c1. The highest BCUT2D eigenvalue weighted by Crippen LogP contribution is 2.28. The predicted molar refractivity (Wildman–Crippen MR) is 113 cm³/mol. The minimum absolute atomic E-state index is 0.314. The first-order chi connectivity index (χ1) is 13.6. The fourth-order valence-electron chi connectivity index (χ4n) is 2.27. The van der Waals surface area contributed by atoms with Gasteiger partial charge >= 0.3 is 5.97 Å². The van der Waals surface area contributed by atoms with Crippen LogP contribution in [0.5, 0.6) is 11.5 Å². The van der Waals surface area contributed by atoms with Gasteiger partial charge in [-0.1, -0.05) is 19.8 Å². The van der Waals surface area contributed by atoms with Crippen LogP contribution in [0, 0.1) is 0 Å². The van der Waals surface area contributed by atoms with E-state index in [4.69, 9.17) is 21.7 Å². The number of rotatable bonds is 9. The van der Waals surface area contributed by atoms with Gasteiger partial charge in [-0.3, -0.25) is 10.4 Å². The minimum Gasteiger partial charge on any atom is -0.493 e. The first-order valence-corrected chi connectivity index (χ1v) is 9.42. The summed E-state index contributed by atoms with van der Waals surface area (Å²) in [6.07, 6.45) is 8.03. The molecule has 8 heteroatoms. The monoisotopic (exact) mass is 400 g/mol. The highest BCUT2D eigenvalue weighted by Gasteiger charge is 2.12. The molecule has 0 amide bonds. The third-order valence-corrected chi connectivity index (χ3v) is 3.97. The van der Waals surface area contributed by atoms with E-state index in [0.29, 0.717) is 22.2 Å². The van der Waals surface area contributed by atoms with Gasteiger partial charge in [-0.25, -0.2) is 4.79 Å². The van der Waals surface area contributed by atoms with Gasteiger partial charge in [0, 0.05) is 18.9 Å². The van der Waals surface area contributed by atoms with Crippen molar-refractivity contribution in [3.8, 4) is 11.5 Å². The van der Waals surface area contributed by atoms with Gasteiger partial charge in [0.15, 0.2) is 16.6 Å². The Morgan fingerprint density at radius 3 is 2.86 bits per heavy atom. The molecule has 28 heavy (non-hydrogen) atoms. The third-order valence-electron chi connectivity index (χ3n) is 3.73. The summed E-state index contributed by atoms with van der Waals surface area (Å²) in [5.74, 6) is 0.227. The first kappa shape index (κ1) is 21.3. The lowest BCUT2D eigenvalue weighted by Gasteiger charge is -2.10. The Hall–Kier alpha value is -3.00. The number of benzene rings is 1. The van der Waals surface area contributed by atoms with E-state index in [9.17, 15) is 4.79 Å². The van der Waals surface area contributed by atoms with Crippen molar-refractivity contribution < 1.29 is 14.3 Å². The van der Waals surface area contributed by atoms with Crippen molar-refractivity contribution in [2.45, 2.75) is 26.2 Å². The molecule has 0 saturated carbocycles. The molecular formula is C20H24N4O3S. The number of nitrogens with zero attached hydrogens (tertiary/aromatic N) is 2. The van der Waals surface area contributed by atoms with Crippen LogP contribution in [-0.2, 0) is 0 Å². The number of nitrogens with one attached hydrogen (secondary N) is 2. The molecule has 2 aromatic rings. The first-order valence-electron chi connectivity index (χ1n) is 9.01. The molecule has 1 aromatic heterocycles. The number of hydrogen-bond donors (Lipinski definition) is 2. The van der Waals surface area contributed by atoms with Gasteiger partial charge in [0.05, 0.1) is 18.9 Å². The maximum absolute atomic E-state index is 12.2. The largest absolute Gasteiger partial charge is 0.493 e. The number of hydrazone groups is 1. The number of carbonyl (C=O) groups is 1. The predicted octanol–water partition coefficient (Wildman–Crippen LogP) is 3.30. The molecule has 0 radical (unpaired) electrons. The Labute approximate surface area is 170 Å².